The first kappa shape index (κ1) is 9.92. The zero-order valence-corrected chi connectivity index (χ0v) is 8.77. The number of hydrogen-bond donors (Lipinski definition) is 2. The van der Waals surface area contributed by atoms with E-state index in [0.717, 1.165) is 0 Å². The molecule has 2 rings (SSSR count). The molecule has 0 amide bonds. The van der Waals surface area contributed by atoms with Gasteiger partial charge in [0, 0.05) is 0 Å². The Labute approximate surface area is 87.7 Å². The van der Waals surface area contributed by atoms with Crippen LogP contribution in [0.5, 0.6) is 0 Å². The molecule has 5 nitrogen and oxygen atoms in total. The minimum atomic E-state index is -0.124. The molecule has 2 heterocycles. The maximum atomic E-state index is 5.94. The van der Waals surface area contributed by atoms with E-state index >= 15 is 0 Å². The summed E-state index contributed by atoms with van der Waals surface area (Å²) in [5.41, 5.74) is 5.94. The smallest absolute Gasteiger partial charge is 0.216 e. The van der Waals surface area contributed by atoms with Gasteiger partial charge in [0.05, 0.1) is 12.3 Å². The van der Waals surface area contributed by atoms with Crippen LogP contribution >= 0.6 is 0 Å². The van der Waals surface area contributed by atoms with Gasteiger partial charge in [-0.05, 0) is 18.1 Å². The maximum absolute atomic E-state index is 5.94. The van der Waals surface area contributed by atoms with E-state index in [1.807, 2.05) is 19.9 Å². The number of furan rings is 1. The Morgan fingerprint density at radius 1 is 1.47 bits per heavy atom. The van der Waals surface area contributed by atoms with E-state index < -0.39 is 0 Å². The zero-order chi connectivity index (χ0) is 10.8. The fourth-order valence-corrected chi connectivity index (χ4v) is 1.26. The van der Waals surface area contributed by atoms with Crippen LogP contribution in [0, 0.1) is 5.92 Å². The van der Waals surface area contributed by atoms with Crippen molar-refractivity contribution in [2.45, 2.75) is 19.9 Å². The molecule has 0 saturated carbocycles. The molecule has 1 atom stereocenters. The lowest BCUT2D eigenvalue weighted by molar-refractivity contribution is 0.491. The summed E-state index contributed by atoms with van der Waals surface area (Å²) in [6.45, 7) is 4.08. The minimum absolute atomic E-state index is 0.124. The molecule has 0 aromatic carbocycles. The SMILES string of the molecule is CC(C)[C@@H](N)c1nc(-c2ccco2)n[nH]1. The molecule has 80 valence electrons. The van der Waals surface area contributed by atoms with E-state index in [0.29, 0.717) is 23.3 Å². The summed E-state index contributed by atoms with van der Waals surface area (Å²) in [5.74, 6) is 2.21. The van der Waals surface area contributed by atoms with E-state index in [4.69, 9.17) is 10.2 Å². The van der Waals surface area contributed by atoms with Crippen molar-refractivity contribution in [1.29, 1.82) is 0 Å². The molecule has 5 heteroatoms. The fourth-order valence-electron chi connectivity index (χ4n) is 1.26. The molecule has 0 aliphatic heterocycles. The fraction of sp³-hybridized carbons (Fsp3) is 0.400. The van der Waals surface area contributed by atoms with Gasteiger partial charge >= 0.3 is 0 Å². The molecule has 2 aromatic heterocycles. The van der Waals surface area contributed by atoms with Crippen LogP contribution in [-0.2, 0) is 0 Å². The van der Waals surface area contributed by atoms with E-state index in [2.05, 4.69) is 15.2 Å². The van der Waals surface area contributed by atoms with E-state index in [1.165, 1.54) is 0 Å². The van der Waals surface area contributed by atoms with Crippen LogP contribution < -0.4 is 5.73 Å². The summed E-state index contributed by atoms with van der Waals surface area (Å²) < 4.78 is 5.19. The molecule has 2 aromatic rings. The molecule has 15 heavy (non-hydrogen) atoms. The standard InChI is InChI=1S/C10H14N4O/c1-6(2)8(11)10-12-9(13-14-10)7-4-3-5-15-7/h3-6,8H,11H2,1-2H3,(H,12,13,14)/t8-/m1/s1. The van der Waals surface area contributed by atoms with Crippen LogP contribution in [0.1, 0.15) is 25.7 Å². The van der Waals surface area contributed by atoms with Gasteiger partial charge in [-0.2, -0.15) is 0 Å². The molecular weight excluding hydrogens is 192 g/mol. The largest absolute Gasteiger partial charge is 0.461 e. The third-order valence-electron chi connectivity index (χ3n) is 2.28. The normalized spacial score (nSPS) is 13.3. The van der Waals surface area contributed by atoms with Gasteiger partial charge in [0.2, 0.25) is 5.82 Å². The van der Waals surface area contributed by atoms with Crippen molar-refractivity contribution in [2.75, 3.05) is 0 Å². The lowest BCUT2D eigenvalue weighted by atomic mass is 10.1. The molecule has 0 bridgehead atoms. The van der Waals surface area contributed by atoms with E-state index in [9.17, 15) is 0 Å². The number of aromatic nitrogens is 3. The van der Waals surface area contributed by atoms with Crippen molar-refractivity contribution in [3.8, 4) is 11.6 Å². The number of hydrogen-bond acceptors (Lipinski definition) is 4. The molecular formula is C10H14N4O. The first-order valence-corrected chi connectivity index (χ1v) is 4.90. The van der Waals surface area contributed by atoms with Gasteiger partial charge in [-0.3, -0.25) is 5.10 Å². The predicted molar refractivity (Wildman–Crippen MR) is 55.9 cm³/mol. The molecule has 0 saturated heterocycles. The van der Waals surface area contributed by atoms with Crippen molar-refractivity contribution >= 4 is 0 Å². The van der Waals surface area contributed by atoms with Crippen LogP contribution in [-0.4, -0.2) is 15.2 Å². The van der Waals surface area contributed by atoms with Gasteiger partial charge < -0.3 is 10.2 Å². The maximum Gasteiger partial charge on any atom is 0.216 e. The number of nitrogens with zero attached hydrogens (tertiary/aromatic N) is 2. The lowest BCUT2D eigenvalue weighted by Crippen LogP contribution is -2.18. The second-order valence-electron chi connectivity index (χ2n) is 3.79. The Balaban J connectivity index is 2.25. The highest BCUT2D eigenvalue weighted by Crippen LogP contribution is 2.19. The minimum Gasteiger partial charge on any atom is -0.461 e. The molecule has 0 fully saturated rings. The van der Waals surface area contributed by atoms with Crippen LogP contribution in [0.3, 0.4) is 0 Å². The highest BCUT2D eigenvalue weighted by atomic mass is 16.3. The second kappa shape index (κ2) is 3.86. The summed E-state index contributed by atoms with van der Waals surface area (Å²) >= 11 is 0. The number of rotatable bonds is 3. The van der Waals surface area contributed by atoms with Gasteiger partial charge in [0.1, 0.15) is 5.82 Å². The summed E-state index contributed by atoms with van der Waals surface area (Å²) in [7, 11) is 0. The molecule has 3 N–H and O–H groups in total. The van der Waals surface area contributed by atoms with Crippen LogP contribution in [0.4, 0.5) is 0 Å². The third kappa shape index (κ3) is 1.92. The van der Waals surface area contributed by atoms with Crippen molar-refractivity contribution in [1.82, 2.24) is 15.2 Å². The summed E-state index contributed by atoms with van der Waals surface area (Å²) in [5, 5.41) is 6.88. The van der Waals surface area contributed by atoms with Gasteiger partial charge in [0.25, 0.3) is 0 Å². The Kier molecular flexibility index (Phi) is 2.55. The van der Waals surface area contributed by atoms with Crippen molar-refractivity contribution in [3.63, 3.8) is 0 Å². The second-order valence-corrected chi connectivity index (χ2v) is 3.79. The third-order valence-corrected chi connectivity index (χ3v) is 2.28. The monoisotopic (exact) mass is 206 g/mol. The molecule has 0 spiro atoms. The van der Waals surface area contributed by atoms with Crippen molar-refractivity contribution in [3.05, 3.63) is 24.2 Å². The number of nitrogens with one attached hydrogen (secondary N) is 1. The Morgan fingerprint density at radius 2 is 2.27 bits per heavy atom. The quantitative estimate of drug-likeness (QED) is 0.801. The van der Waals surface area contributed by atoms with E-state index in [1.54, 1.807) is 12.3 Å². The first-order chi connectivity index (χ1) is 7.18. The van der Waals surface area contributed by atoms with Gasteiger partial charge in [-0.1, -0.05) is 13.8 Å². The summed E-state index contributed by atoms with van der Waals surface area (Å²) in [6, 6.07) is 3.49. The first-order valence-electron chi connectivity index (χ1n) is 4.90. The van der Waals surface area contributed by atoms with Gasteiger partial charge in [0.15, 0.2) is 5.76 Å². The Morgan fingerprint density at radius 3 is 2.87 bits per heavy atom. The predicted octanol–water partition coefficient (Wildman–Crippen LogP) is 1.72. The molecule has 0 radical (unpaired) electrons. The van der Waals surface area contributed by atoms with Crippen molar-refractivity contribution < 1.29 is 4.42 Å². The average Bonchev–Trinajstić information content (AvgIpc) is 2.86. The summed E-state index contributed by atoms with van der Waals surface area (Å²) in [4.78, 5) is 4.29. The van der Waals surface area contributed by atoms with Crippen molar-refractivity contribution in [2.24, 2.45) is 11.7 Å². The van der Waals surface area contributed by atoms with E-state index in [-0.39, 0.29) is 6.04 Å². The van der Waals surface area contributed by atoms with Gasteiger partial charge in [-0.15, -0.1) is 5.10 Å². The van der Waals surface area contributed by atoms with Crippen LogP contribution in [0.2, 0.25) is 0 Å². The number of H-pyrrole nitrogens is 1. The average molecular weight is 206 g/mol. The number of nitrogens with two attached hydrogens (primary N) is 1. The zero-order valence-electron chi connectivity index (χ0n) is 8.77. The summed E-state index contributed by atoms with van der Waals surface area (Å²) in [6.07, 6.45) is 1.59. The molecule has 0 unspecified atom stereocenters. The number of aromatic amines is 1. The van der Waals surface area contributed by atoms with Gasteiger partial charge in [-0.25, -0.2) is 4.98 Å². The highest BCUT2D eigenvalue weighted by Gasteiger charge is 2.16. The molecule has 0 aliphatic carbocycles. The van der Waals surface area contributed by atoms with Crippen LogP contribution in [0.15, 0.2) is 22.8 Å². The van der Waals surface area contributed by atoms with Crippen LogP contribution in [0.25, 0.3) is 11.6 Å². The topological polar surface area (TPSA) is 80.7 Å². The molecule has 0 aliphatic rings. The highest BCUT2D eigenvalue weighted by molar-refractivity contribution is 5.45. The Bertz CT molecular complexity index is 418. The lowest BCUT2D eigenvalue weighted by Gasteiger charge is -2.10. The Hall–Kier alpha value is -1.62.